The molecule has 2 heterocycles. The van der Waals surface area contributed by atoms with Crippen LogP contribution in [0.3, 0.4) is 0 Å². The van der Waals surface area contributed by atoms with Gasteiger partial charge in [-0.25, -0.2) is 9.97 Å². The van der Waals surface area contributed by atoms with Crippen molar-refractivity contribution < 1.29 is 0 Å². The van der Waals surface area contributed by atoms with Crippen LogP contribution in [-0.2, 0) is 0 Å². The second-order valence-corrected chi connectivity index (χ2v) is 5.89. The Morgan fingerprint density at radius 3 is 2.36 bits per heavy atom. The van der Waals surface area contributed by atoms with Crippen molar-refractivity contribution >= 4 is 21.7 Å². The van der Waals surface area contributed by atoms with Gasteiger partial charge in [0.1, 0.15) is 0 Å². The molecule has 0 aliphatic rings. The van der Waals surface area contributed by atoms with Crippen LogP contribution in [0.5, 0.6) is 0 Å². The van der Waals surface area contributed by atoms with E-state index < -0.39 is 0 Å². The third kappa shape index (κ3) is 2.22. The number of fused-ring (bicyclic) bond motifs is 1. The summed E-state index contributed by atoms with van der Waals surface area (Å²) in [5, 5.41) is 0. The number of nitrogens with zero attached hydrogens (tertiary/aromatic N) is 3. The highest BCUT2D eigenvalue weighted by Crippen LogP contribution is 2.32. The lowest BCUT2D eigenvalue weighted by atomic mass is 10.1. The summed E-state index contributed by atoms with van der Waals surface area (Å²) in [4.78, 5) is 9.10. The minimum atomic E-state index is 0.708. The average Bonchev–Trinajstić information content (AvgIpc) is 2.96. The normalized spacial score (nSPS) is 11.0. The fourth-order valence-corrected chi connectivity index (χ4v) is 2.83. The molecule has 106 valence electrons. The van der Waals surface area contributed by atoms with Crippen LogP contribution in [0.2, 0.25) is 0 Å². The average molecular weight is 350 g/mol. The largest absolute Gasteiger partial charge is 0.283 e. The Morgan fingerprint density at radius 1 is 0.818 bits per heavy atom. The van der Waals surface area contributed by atoms with Gasteiger partial charge in [-0.3, -0.25) is 4.40 Å². The maximum Gasteiger partial charge on any atom is 0.234 e. The first-order chi connectivity index (χ1) is 10.8. The SMILES string of the molecule is Brc1ccc(-c2c(-c3ccccc3)nc3ncccn23)cc1. The molecule has 22 heavy (non-hydrogen) atoms. The van der Waals surface area contributed by atoms with Crippen LogP contribution in [-0.4, -0.2) is 14.4 Å². The standard InChI is InChI=1S/C18H12BrN3/c19-15-9-7-14(8-10-15)17-16(13-5-2-1-3-6-13)21-18-20-11-4-12-22(17)18/h1-12H. The third-order valence-electron chi connectivity index (χ3n) is 3.57. The molecule has 4 rings (SSSR count). The highest BCUT2D eigenvalue weighted by Gasteiger charge is 2.15. The van der Waals surface area contributed by atoms with E-state index in [1.165, 1.54) is 0 Å². The van der Waals surface area contributed by atoms with Gasteiger partial charge in [0.2, 0.25) is 5.78 Å². The van der Waals surface area contributed by atoms with Gasteiger partial charge in [0.05, 0.1) is 11.4 Å². The van der Waals surface area contributed by atoms with Gasteiger partial charge < -0.3 is 0 Å². The van der Waals surface area contributed by atoms with E-state index in [1.807, 2.05) is 47.0 Å². The molecule has 0 atom stereocenters. The number of benzene rings is 2. The van der Waals surface area contributed by atoms with Gasteiger partial charge >= 0.3 is 0 Å². The summed E-state index contributed by atoms with van der Waals surface area (Å²) in [5.41, 5.74) is 4.21. The predicted octanol–water partition coefficient (Wildman–Crippen LogP) is 4.83. The van der Waals surface area contributed by atoms with Gasteiger partial charge in [0.25, 0.3) is 0 Å². The Morgan fingerprint density at radius 2 is 1.59 bits per heavy atom. The predicted molar refractivity (Wildman–Crippen MR) is 91.6 cm³/mol. The summed E-state index contributed by atoms with van der Waals surface area (Å²) in [5.74, 6) is 0.708. The summed E-state index contributed by atoms with van der Waals surface area (Å²) in [6, 6.07) is 20.4. The van der Waals surface area contributed by atoms with Gasteiger partial charge in [-0.05, 0) is 18.2 Å². The highest BCUT2D eigenvalue weighted by molar-refractivity contribution is 9.10. The Bertz CT molecular complexity index is 928. The van der Waals surface area contributed by atoms with Gasteiger partial charge in [-0.1, -0.05) is 58.4 Å². The van der Waals surface area contributed by atoms with E-state index in [4.69, 9.17) is 4.98 Å². The first-order valence-corrected chi connectivity index (χ1v) is 7.77. The number of aromatic nitrogens is 3. The molecule has 0 N–H and O–H groups in total. The van der Waals surface area contributed by atoms with E-state index in [-0.39, 0.29) is 0 Å². The molecule has 2 aromatic carbocycles. The lowest BCUT2D eigenvalue weighted by molar-refractivity contribution is 1.11. The molecule has 0 bridgehead atoms. The lowest BCUT2D eigenvalue weighted by Crippen LogP contribution is -1.90. The van der Waals surface area contributed by atoms with Crippen molar-refractivity contribution in [2.45, 2.75) is 0 Å². The Labute approximate surface area is 136 Å². The Kier molecular flexibility index (Phi) is 3.24. The van der Waals surface area contributed by atoms with E-state index in [0.717, 1.165) is 27.0 Å². The maximum absolute atomic E-state index is 4.72. The molecule has 0 aliphatic heterocycles. The highest BCUT2D eigenvalue weighted by atomic mass is 79.9. The Balaban J connectivity index is 2.04. The van der Waals surface area contributed by atoms with Crippen molar-refractivity contribution in [3.63, 3.8) is 0 Å². The molecule has 3 nitrogen and oxygen atoms in total. The summed E-state index contributed by atoms with van der Waals surface area (Å²) in [6.45, 7) is 0. The zero-order valence-corrected chi connectivity index (χ0v) is 13.2. The van der Waals surface area contributed by atoms with E-state index in [2.05, 4.69) is 45.2 Å². The summed E-state index contributed by atoms with van der Waals surface area (Å²) in [7, 11) is 0. The first-order valence-electron chi connectivity index (χ1n) is 6.97. The van der Waals surface area contributed by atoms with Crippen molar-refractivity contribution in [3.8, 4) is 22.5 Å². The van der Waals surface area contributed by atoms with E-state index in [9.17, 15) is 0 Å². The first kappa shape index (κ1) is 13.2. The van der Waals surface area contributed by atoms with Crippen LogP contribution < -0.4 is 0 Å². The second kappa shape index (κ2) is 5.39. The van der Waals surface area contributed by atoms with Gasteiger partial charge in [0.15, 0.2) is 0 Å². The van der Waals surface area contributed by atoms with Gasteiger partial charge in [-0.2, -0.15) is 0 Å². The number of hydrogen-bond acceptors (Lipinski definition) is 2. The lowest BCUT2D eigenvalue weighted by Gasteiger charge is -2.05. The van der Waals surface area contributed by atoms with Crippen LogP contribution in [0.4, 0.5) is 0 Å². The Hall–Kier alpha value is -2.46. The van der Waals surface area contributed by atoms with E-state index >= 15 is 0 Å². The molecule has 0 fully saturated rings. The number of rotatable bonds is 2. The fraction of sp³-hybridized carbons (Fsp3) is 0. The molecule has 2 aromatic heterocycles. The molecule has 0 amide bonds. The summed E-state index contributed by atoms with van der Waals surface area (Å²) >= 11 is 3.49. The number of halogens is 1. The monoisotopic (exact) mass is 349 g/mol. The number of imidazole rings is 1. The van der Waals surface area contributed by atoms with Crippen molar-refractivity contribution in [2.75, 3.05) is 0 Å². The quantitative estimate of drug-likeness (QED) is 0.519. The van der Waals surface area contributed by atoms with E-state index in [1.54, 1.807) is 6.20 Å². The molecule has 0 radical (unpaired) electrons. The molecule has 0 aliphatic carbocycles. The van der Waals surface area contributed by atoms with Crippen molar-refractivity contribution in [3.05, 3.63) is 77.5 Å². The minimum absolute atomic E-state index is 0.708. The second-order valence-electron chi connectivity index (χ2n) is 4.97. The molecule has 4 aromatic rings. The van der Waals surface area contributed by atoms with Crippen molar-refractivity contribution in [2.24, 2.45) is 0 Å². The van der Waals surface area contributed by atoms with Crippen molar-refractivity contribution in [1.29, 1.82) is 0 Å². The van der Waals surface area contributed by atoms with Crippen LogP contribution in [0.25, 0.3) is 28.3 Å². The zero-order valence-electron chi connectivity index (χ0n) is 11.6. The molecular formula is C18H12BrN3. The fourth-order valence-electron chi connectivity index (χ4n) is 2.57. The molecule has 4 heteroatoms. The molecule has 0 spiro atoms. The minimum Gasteiger partial charge on any atom is -0.283 e. The molecular weight excluding hydrogens is 338 g/mol. The topological polar surface area (TPSA) is 30.2 Å². The van der Waals surface area contributed by atoms with Gasteiger partial charge in [0, 0.05) is 28.0 Å². The number of hydrogen-bond donors (Lipinski definition) is 0. The summed E-state index contributed by atoms with van der Waals surface area (Å²) < 4.78 is 3.09. The molecule has 0 saturated carbocycles. The smallest absolute Gasteiger partial charge is 0.234 e. The van der Waals surface area contributed by atoms with Gasteiger partial charge in [-0.15, -0.1) is 0 Å². The molecule has 0 saturated heterocycles. The van der Waals surface area contributed by atoms with Crippen LogP contribution >= 0.6 is 15.9 Å². The van der Waals surface area contributed by atoms with E-state index in [0.29, 0.717) is 5.78 Å². The summed E-state index contributed by atoms with van der Waals surface area (Å²) in [6.07, 6.45) is 3.77. The van der Waals surface area contributed by atoms with Crippen LogP contribution in [0, 0.1) is 0 Å². The van der Waals surface area contributed by atoms with Crippen LogP contribution in [0.15, 0.2) is 77.5 Å². The van der Waals surface area contributed by atoms with Crippen LogP contribution in [0.1, 0.15) is 0 Å². The molecule has 0 unspecified atom stereocenters. The maximum atomic E-state index is 4.72. The van der Waals surface area contributed by atoms with Crippen molar-refractivity contribution in [1.82, 2.24) is 14.4 Å². The zero-order chi connectivity index (χ0) is 14.9. The third-order valence-corrected chi connectivity index (χ3v) is 4.10.